The number of hydrogen-bond acceptors (Lipinski definition) is 5. The van der Waals surface area contributed by atoms with Crippen molar-refractivity contribution >= 4 is 11.9 Å². The number of para-hydroxylation sites is 1. The van der Waals surface area contributed by atoms with E-state index < -0.39 is 0 Å². The maximum Gasteiger partial charge on any atom is 0.248 e. The normalized spacial score (nSPS) is 18.9. The number of tetrazole rings is 1. The molecule has 1 atom stereocenters. The second-order valence-corrected chi connectivity index (χ2v) is 4.38. The maximum absolute atomic E-state index is 11.7. The molecule has 0 spiro atoms. The van der Waals surface area contributed by atoms with Gasteiger partial charge in [0.15, 0.2) is 0 Å². The molecule has 1 amide bonds. The van der Waals surface area contributed by atoms with E-state index in [0.29, 0.717) is 5.95 Å². The summed E-state index contributed by atoms with van der Waals surface area (Å²) in [5, 5.41) is 17.4. The highest BCUT2D eigenvalue weighted by Crippen LogP contribution is 2.14. The molecule has 2 heterocycles. The maximum atomic E-state index is 11.7. The number of amides is 1. The Labute approximate surface area is 110 Å². The number of anilines is 1. The largest absolute Gasteiger partial charge is 0.354 e. The fourth-order valence-corrected chi connectivity index (χ4v) is 2.09. The number of piperidine rings is 1. The minimum atomic E-state index is -0.276. The lowest BCUT2D eigenvalue weighted by Crippen LogP contribution is -2.44. The van der Waals surface area contributed by atoms with Crippen LogP contribution < -0.4 is 10.6 Å². The van der Waals surface area contributed by atoms with Crippen molar-refractivity contribution in [1.82, 2.24) is 25.5 Å². The van der Waals surface area contributed by atoms with Gasteiger partial charge in [0, 0.05) is 6.54 Å². The summed E-state index contributed by atoms with van der Waals surface area (Å²) in [5.41, 5.74) is 0.853. The van der Waals surface area contributed by atoms with E-state index in [1.54, 1.807) is 4.68 Å². The smallest absolute Gasteiger partial charge is 0.248 e. The minimum Gasteiger partial charge on any atom is -0.354 e. The van der Waals surface area contributed by atoms with Crippen molar-refractivity contribution in [3.63, 3.8) is 0 Å². The standard InChI is InChI=1S/C12H14N6O/c19-11-10(7-4-8-13-11)14-12-15-16-17-18(12)9-5-2-1-3-6-9/h1-3,5-6,10H,4,7-8H2,(H,13,19)(H,14,15,17). The molecule has 0 saturated carbocycles. The first-order valence-corrected chi connectivity index (χ1v) is 6.22. The third kappa shape index (κ3) is 2.40. The monoisotopic (exact) mass is 258 g/mol. The van der Waals surface area contributed by atoms with Crippen LogP contribution in [0.5, 0.6) is 0 Å². The van der Waals surface area contributed by atoms with Gasteiger partial charge in [0.05, 0.1) is 5.69 Å². The molecule has 98 valence electrons. The molecule has 2 N–H and O–H groups in total. The molecule has 2 aromatic rings. The van der Waals surface area contributed by atoms with Crippen molar-refractivity contribution in [2.24, 2.45) is 0 Å². The lowest BCUT2D eigenvalue weighted by molar-refractivity contribution is -0.123. The van der Waals surface area contributed by atoms with E-state index in [4.69, 9.17) is 0 Å². The first-order valence-electron chi connectivity index (χ1n) is 6.22. The molecule has 1 fully saturated rings. The van der Waals surface area contributed by atoms with E-state index in [0.717, 1.165) is 25.1 Å². The Morgan fingerprint density at radius 1 is 1.32 bits per heavy atom. The van der Waals surface area contributed by atoms with Gasteiger partial charge >= 0.3 is 0 Å². The Morgan fingerprint density at radius 3 is 2.95 bits per heavy atom. The SMILES string of the molecule is O=C1NCCCC1Nc1nnnn1-c1ccccc1. The summed E-state index contributed by atoms with van der Waals surface area (Å²) in [5.74, 6) is 0.474. The van der Waals surface area contributed by atoms with Crippen molar-refractivity contribution in [3.05, 3.63) is 30.3 Å². The molecule has 0 bridgehead atoms. The average Bonchev–Trinajstić information content (AvgIpc) is 2.91. The predicted molar refractivity (Wildman–Crippen MR) is 68.8 cm³/mol. The fraction of sp³-hybridized carbons (Fsp3) is 0.333. The molecule has 3 rings (SSSR count). The Bertz CT molecular complexity index is 567. The lowest BCUT2D eigenvalue weighted by Gasteiger charge is -2.22. The van der Waals surface area contributed by atoms with Gasteiger partial charge in [0.2, 0.25) is 11.9 Å². The molecule has 1 aliphatic rings. The van der Waals surface area contributed by atoms with Gasteiger partial charge in [-0.15, -0.1) is 0 Å². The topological polar surface area (TPSA) is 84.7 Å². The average molecular weight is 258 g/mol. The van der Waals surface area contributed by atoms with Crippen LogP contribution >= 0.6 is 0 Å². The number of nitrogens with zero attached hydrogens (tertiary/aromatic N) is 4. The quantitative estimate of drug-likeness (QED) is 0.830. The van der Waals surface area contributed by atoms with E-state index in [9.17, 15) is 4.79 Å². The summed E-state index contributed by atoms with van der Waals surface area (Å²) in [6, 6.07) is 9.28. The van der Waals surface area contributed by atoms with Gasteiger partial charge in [-0.1, -0.05) is 23.3 Å². The molecule has 0 radical (unpaired) electrons. The van der Waals surface area contributed by atoms with E-state index in [1.165, 1.54) is 0 Å². The van der Waals surface area contributed by atoms with Gasteiger partial charge in [0.1, 0.15) is 6.04 Å². The molecule has 1 unspecified atom stereocenters. The molecule has 0 aliphatic carbocycles. The summed E-state index contributed by atoms with van der Waals surface area (Å²) in [4.78, 5) is 11.7. The zero-order valence-corrected chi connectivity index (χ0v) is 10.3. The minimum absolute atomic E-state index is 0.00568. The summed E-state index contributed by atoms with van der Waals surface area (Å²) in [6.45, 7) is 0.737. The van der Waals surface area contributed by atoms with Crippen LogP contribution in [-0.4, -0.2) is 38.7 Å². The number of nitrogens with one attached hydrogen (secondary N) is 2. The van der Waals surface area contributed by atoms with Crippen LogP contribution in [0.25, 0.3) is 5.69 Å². The van der Waals surface area contributed by atoms with E-state index in [2.05, 4.69) is 26.2 Å². The van der Waals surface area contributed by atoms with Gasteiger partial charge in [-0.3, -0.25) is 4.79 Å². The predicted octanol–water partition coefficient (Wildman–Crippen LogP) is 0.353. The van der Waals surface area contributed by atoms with Crippen LogP contribution in [0, 0.1) is 0 Å². The molecule has 7 heteroatoms. The zero-order chi connectivity index (χ0) is 13.1. The number of hydrogen-bond donors (Lipinski definition) is 2. The van der Waals surface area contributed by atoms with Crippen LogP contribution in [0.2, 0.25) is 0 Å². The highest BCUT2D eigenvalue weighted by atomic mass is 16.2. The van der Waals surface area contributed by atoms with E-state index in [-0.39, 0.29) is 11.9 Å². The zero-order valence-electron chi connectivity index (χ0n) is 10.3. The molecule has 1 aliphatic heterocycles. The summed E-state index contributed by atoms with van der Waals surface area (Å²) in [7, 11) is 0. The summed E-state index contributed by atoms with van der Waals surface area (Å²) < 4.78 is 1.59. The van der Waals surface area contributed by atoms with Crippen molar-refractivity contribution in [1.29, 1.82) is 0 Å². The molecule has 7 nitrogen and oxygen atoms in total. The van der Waals surface area contributed by atoms with Crippen molar-refractivity contribution in [2.45, 2.75) is 18.9 Å². The molecule has 1 aromatic carbocycles. The number of benzene rings is 1. The van der Waals surface area contributed by atoms with Crippen LogP contribution in [0.3, 0.4) is 0 Å². The third-order valence-corrected chi connectivity index (χ3v) is 3.06. The first-order chi connectivity index (χ1) is 9.34. The highest BCUT2D eigenvalue weighted by Gasteiger charge is 2.23. The van der Waals surface area contributed by atoms with Gasteiger partial charge in [-0.2, -0.15) is 4.68 Å². The van der Waals surface area contributed by atoms with Gasteiger partial charge in [-0.25, -0.2) is 0 Å². The Kier molecular flexibility index (Phi) is 3.09. The Morgan fingerprint density at radius 2 is 2.16 bits per heavy atom. The molecular weight excluding hydrogens is 244 g/mol. The van der Waals surface area contributed by atoms with Crippen LogP contribution in [0.1, 0.15) is 12.8 Å². The third-order valence-electron chi connectivity index (χ3n) is 3.06. The van der Waals surface area contributed by atoms with Crippen molar-refractivity contribution < 1.29 is 4.79 Å². The molecule has 1 aromatic heterocycles. The Balaban J connectivity index is 1.82. The highest BCUT2D eigenvalue weighted by molar-refractivity contribution is 5.84. The molecular formula is C12H14N6O. The fourth-order valence-electron chi connectivity index (χ4n) is 2.09. The number of carbonyl (C=O) groups excluding carboxylic acids is 1. The van der Waals surface area contributed by atoms with Crippen LogP contribution in [-0.2, 0) is 4.79 Å². The molecule has 1 saturated heterocycles. The van der Waals surface area contributed by atoms with E-state index in [1.807, 2.05) is 30.3 Å². The molecule has 19 heavy (non-hydrogen) atoms. The van der Waals surface area contributed by atoms with Gasteiger partial charge < -0.3 is 10.6 Å². The van der Waals surface area contributed by atoms with E-state index >= 15 is 0 Å². The van der Waals surface area contributed by atoms with Crippen molar-refractivity contribution in [2.75, 3.05) is 11.9 Å². The number of rotatable bonds is 3. The van der Waals surface area contributed by atoms with Crippen molar-refractivity contribution in [3.8, 4) is 5.69 Å². The summed E-state index contributed by atoms with van der Waals surface area (Å²) in [6.07, 6.45) is 1.74. The number of carbonyl (C=O) groups is 1. The number of aromatic nitrogens is 4. The van der Waals surface area contributed by atoms with Gasteiger partial charge in [0.25, 0.3) is 0 Å². The van der Waals surface area contributed by atoms with Gasteiger partial charge in [-0.05, 0) is 35.4 Å². The summed E-state index contributed by atoms with van der Waals surface area (Å²) >= 11 is 0. The Hall–Kier alpha value is -2.44. The first kappa shape index (κ1) is 11.6. The lowest BCUT2D eigenvalue weighted by atomic mass is 10.1. The second kappa shape index (κ2) is 5.05. The van der Waals surface area contributed by atoms with Crippen LogP contribution in [0.4, 0.5) is 5.95 Å². The van der Waals surface area contributed by atoms with Crippen LogP contribution in [0.15, 0.2) is 30.3 Å². The second-order valence-electron chi connectivity index (χ2n) is 4.38.